The maximum Gasteiger partial charge on any atom is 0.339 e. The predicted molar refractivity (Wildman–Crippen MR) is 104 cm³/mol. The van der Waals surface area contributed by atoms with Crippen LogP contribution in [0.2, 0.25) is 5.02 Å². The molecule has 0 bridgehead atoms. The number of carbonyl (C=O) groups excluding carboxylic acids is 1. The van der Waals surface area contributed by atoms with Crippen LogP contribution in [0.25, 0.3) is 0 Å². The van der Waals surface area contributed by atoms with E-state index in [4.69, 9.17) is 11.6 Å². The Balaban J connectivity index is 1.87. The molecule has 2 heterocycles. The van der Waals surface area contributed by atoms with Gasteiger partial charge in [0.05, 0.1) is 34.8 Å². The highest BCUT2D eigenvalue weighted by Gasteiger charge is 2.20. The zero-order valence-electron chi connectivity index (χ0n) is 14.6. The lowest BCUT2D eigenvalue weighted by Gasteiger charge is -2.06. The number of carbonyl (C=O) groups is 1. The van der Waals surface area contributed by atoms with Gasteiger partial charge in [-0.1, -0.05) is 23.7 Å². The van der Waals surface area contributed by atoms with Crippen LogP contribution in [0.5, 0.6) is 0 Å². The lowest BCUT2D eigenvalue weighted by atomic mass is 10.2. The lowest BCUT2D eigenvalue weighted by Crippen LogP contribution is -2.24. The van der Waals surface area contributed by atoms with Crippen molar-refractivity contribution in [2.75, 3.05) is 7.11 Å². The lowest BCUT2D eigenvalue weighted by molar-refractivity contribution is -0.386. The van der Waals surface area contributed by atoms with Crippen LogP contribution in [-0.4, -0.2) is 27.6 Å². The molecule has 10 heteroatoms. The number of halogens is 1. The van der Waals surface area contributed by atoms with Gasteiger partial charge in [0.25, 0.3) is 0 Å². The van der Waals surface area contributed by atoms with E-state index in [9.17, 15) is 19.7 Å². The molecule has 0 unspecified atom stereocenters. The third-order valence-corrected chi connectivity index (χ3v) is 5.03. The average Bonchev–Trinajstić information content (AvgIpc) is 3.11. The van der Waals surface area contributed by atoms with Crippen LogP contribution in [0.4, 0.5) is 5.69 Å². The largest absolute Gasteiger partial charge is 0.465 e. The fourth-order valence-corrected chi connectivity index (χ4v) is 3.50. The standard InChI is InChI=1S/C18H14ClN3O5S/c1-27-18(24)12-7-15(22(25)26)17(23)21(8-12)9-14-10-28-16(20-14)6-11-2-4-13(19)5-3-11/h2-5,7-8,10H,6,9H2,1H3. The van der Waals surface area contributed by atoms with Gasteiger partial charge < -0.3 is 9.30 Å². The van der Waals surface area contributed by atoms with Crippen LogP contribution < -0.4 is 5.56 Å². The SMILES string of the molecule is COC(=O)c1cc([N+](=O)[O-])c(=O)n(Cc2csc(Cc3ccc(Cl)cc3)n2)c1. The molecule has 0 amide bonds. The third-order valence-electron chi connectivity index (χ3n) is 3.89. The molecule has 144 valence electrons. The van der Waals surface area contributed by atoms with Gasteiger partial charge >= 0.3 is 17.2 Å². The molecule has 0 aliphatic heterocycles. The molecule has 3 rings (SSSR count). The first-order valence-electron chi connectivity index (χ1n) is 8.02. The van der Waals surface area contributed by atoms with Crippen molar-refractivity contribution in [1.29, 1.82) is 0 Å². The molecule has 0 saturated carbocycles. The van der Waals surface area contributed by atoms with Gasteiger partial charge in [-0.05, 0) is 17.7 Å². The number of nitro groups is 1. The van der Waals surface area contributed by atoms with Gasteiger partial charge in [0, 0.05) is 29.1 Å². The summed E-state index contributed by atoms with van der Waals surface area (Å²) in [7, 11) is 1.16. The molecule has 0 radical (unpaired) electrons. The van der Waals surface area contributed by atoms with Gasteiger partial charge in [0.1, 0.15) is 0 Å². The van der Waals surface area contributed by atoms with E-state index < -0.39 is 22.1 Å². The van der Waals surface area contributed by atoms with Crippen LogP contribution in [-0.2, 0) is 17.7 Å². The summed E-state index contributed by atoms with van der Waals surface area (Å²) in [5, 5.41) is 14.4. The van der Waals surface area contributed by atoms with Gasteiger partial charge in [-0.2, -0.15) is 0 Å². The first-order chi connectivity index (χ1) is 13.4. The quantitative estimate of drug-likeness (QED) is 0.345. The molecule has 0 aliphatic rings. The first-order valence-corrected chi connectivity index (χ1v) is 9.28. The average molecular weight is 420 g/mol. The number of ether oxygens (including phenoxy) is 1. The molecular weight excluding hydrogens is 406 g/mol. The van der Waals surface area contributed by atoms with E-state index >= 15 is 0 Å². The van der Waals surface area contributed by atoms with E-state index in [0.717, 1.165) is 28.3 Å². The van der Waals surface area contributed by atoms with Gasteiger partial charge in [-0.3, -0.25) is 14.9 Å². The Bertz CT molecular complexity index is 1090. The highest BCUT2D eigenvalue weighted by molar-refractivity contribution is 7.09. The minimum atomic E-state index is -0.821. The van der Waals surface area contributed by atoms with Crippen molar-refractivity contribution in [3.05, 3.63) is 89.2 Å². The number of methoxy groups -OCH3 is 1. The number of nitrogens with zero attached hydrogens (tertiary/aromatic N) is 3. The highest BCUT2D eigenvalue weighted by atomic mass is 35.5. The van der Waals surface area contributed by atoms with Crippen LogP contribution in [0.3, 0.4) is 0 Å². The number of hydrogen-bond acceptors (Lipinski definition) is 7. The number of aromatic nitrogens is 2. The Morgan fingerprint density at radius 3 is 2.71 bits per heavy atom. The van der Waals surface area contributed by atoms with Crippen molar-refractivity contribution in [3.63, 3.8) is 0 Å². The number of thiazole rings is 1. The smallest absolute Gasteiger partial charge is 0.339 e. The second kappa shape index (κ2) is 8.32. The second-order valence-corrected chi connectivity index (χ2v) is 7.21. The summed E-state index contributed by atoms with van der Waals surface area (Å²) >= 11 is 7.29. The zero-order valence-corrected chi connectivity index (χ0v) is 16.2. The number of esters is 1. The number of pyridine rings is 1. The first kappa shape index (κ1) is 19.7. The zero-order chi connectivity index (χ0) is 20.3. The Morgan fingerprint density at radius 1 is 1.36 bits per heavy atom. The fourth-order valence-electron chi connectivity index (χ4n) is 2.55. The summed E-state index contributed by atoms with van der Waals surface area (Å²) in [6.07, 6.45) is 1.83. The summed E-state index contributed by atoms with van der Waals surface area (Å²) in [5.41, 5.74) is 0.00742. The van der Waals surface area contributed by atoms with Crippen molar-refractivity contribution in [2.45, 2.75) is 13.0 Å². The van der Waals surface area contributed by atoms with Crippen molar-refractivity contribution < 1.29 is 14.5 Å². The number of rotatable bonds is 6. The molecule has 8 nitrogen and oxygen atoms in total. The van der Waals surface area contributed by atoms with Crippen LogP contribution in [0, 0.1) is 10.1 Å². The van der Waals surface area contributed by atoms with Crippen LogP contribution >= 0.6 is 22.9 Å². The molecule has 28 heavy (non-hydrogen) atoms. The Labute approximate surface area is 168 Å². The molecule has 0 fully saturated rings. The summed E-state index contributed by atoms with van der Waals surface area (Å²) in [5.74, 6) is -0.765. The molecular formula is C18H14ClN3O5S. The molecule has 3 aromatic rings. The van der Waals surface area contributed by atoms with Crippen molar-refractivity contribution in [1.82, 2.24) is 9.55 Å². The van der Waals surface area contributed by atoms with Crippen molar-refractivity contribution >= 4 is 34.6 Å². The number of benzene rings is 1. The Hall–Kier alpha value is -3.04. The van der Waals surface area contributed by atoms with Gasteiger partial charge in [0.15, 0.2) is 0 Å². The summed E-state index contributed by atoms with van der Waals surface area (Å²) in [4.78, 5) is 38.9. The third kappa shape index (κ3) is 4.44. The maximum atomic E-state index is 12.3. The topological polar surface area (TPSA) is 104 Å². The molecule has 0 atom stereocenters. The molecule has 1 aromatic carbocycles. The Morgan fingerprint density at radius 2 is 2.07 bits per heavy atom. The summed E-state index contributed by atoms with van der Waals surface area (Å²) in [6, 6.07) is 8.30. The normalized spacial score (nSPS) is 10.6. The van der Waals surface area contributed by atoms with Crippen LogP contribution in [0.15, 0.2) is 46.7 Å². The highest BCUT2D eigenvalue weighted by Crippen LogP contribution is 2.18. The fraction of sp³-hybridized carbons (Fsp3) is 0.167. The monoisotopic (exact) mass is 419 g/mol. The molecule has 0 aliphatic carbocycles. The van der Waals surface area contributed by atoms with E-state index in [-0.39, 0.29) is 12.1 Å². The van der Waals surface area contributed by atoms with Crippen molar-refractivity contribution in [2.24, 2.45) is 0 Å². The van der Waals surface area contributed by atoms with E-state index in [1.54, 1.807) is 17.5 Å². The predicted octanol–water partition coefficient (Wildman–Crippen LogP) is 3.29. The second-order valence-electron chi connectivity index (χ2n) is 5.83. The Kier molecular flexibility index (Phi) is 5.86. The van der Waals surface area contributed by atoms with E-state index in [2.05, 4.69) is 9.72 Å². The van der Waals surface area contributed by atoms with E-state index in [1.807, 2.05) is 12.1 Å². The summed E-state index contributed by atoms with van der Waals surface area (Å²) < 4.78 is 5.68. The summed E-state index contributed by atoms with van der Waals surface area (Å²) in [6.45, 7) is 0.00161. The molecule has 0 N–H and O–H groups in total. The maximum absolute atomic E-state index is 12.3. The minimum Gasteiger partial charge on any atom is -0.465 e. The van der Waals surface area contributed by atoms with Gasteiger partial charge in [0.2, 0.25) is 0 Å². The molecule has 0 saturated heterocycles. The van der Waals surface area contributed by atoms with Crippen LogP contribution in [0.1, 0.15) is 26.6 Å². The van der Waals surface area contributed by atoms with Crippen molar-refractivity contribution in [3.8, 4) is 0 Å². The van der Waals surface area contributed by atoms with E-state index in [0.29, 0.717) is 17.1 Å². The molecule has 0 spiro atoms. The minimum absolute atomic E-state index is 0.00161. The van der Waals surface area contributed by atoms with Gasteiger partial charge in [-0.25, -0.2) is 9.78 Å². The molecule has 2 aromatic heterocycles. The van der Waals surface area contributed by atoms with E-state index in [1.165, 1.54) is 17.5 Å². The number of hydrogen-bond donors (Lipinski definition) is 0. The van der Waals surface area contributed by atoms with Gasteiger partial charge in [-0.15, -0.1) is 11.3 Å².